The molecular weight excluding hydrogens is 683 g/mol. The van der Waals surface area contributed by atoms with Gasteiger partial charge in [-0.15, -0.1) is 0 Å². The average molecular weight is 722 g/mol. The number of piperidine rings is 1. The molecule has 49 heavy (non-hydrogen) atoms. The van der Waals surface area contributed by atoms with Gasteiger partial charge in [0.15, 0.2) is 5.65 Å². The lowest BCUT2D eigenvalue weighted by Crippen LogP contribution is -2.36. The monoisotopic (exact) mass is 720 g/mol. The van der Waals surface area contributed by atoms with E-state index in [0.717, 1.165) is 25.0 Å². The summed E-state index contributed by atoms with van der Waals surface area (Å²) in [5.74, 6) is -0.339. The first kappa shape index (κ1) is 36.4. The molecule has 1 fully saturated rings. The second-order valence-corrected chi connectivity index (χ2v) is 14.3. The Labute approximate surface area is 292 Å². The third kappa shape index (κ3) is 8.12. The largest absolute Gasteiger partial charge is 0.416 e. The third-order valence-electron chi connectivity index (χ3n) is 8.78. The summed E-state index contributed by atoms with van der Waals surface area (Å²) in [4.78, 5) is 37.8. The molecule has 0 radical (unpaired) electrons. The molecule has 2 aromatic heterocycles. The number of aromatic nitrogens is 3. The standard InChI is InChI=1S/C35H38Cl2F4N6O2/c1-19-10-12-47(13-11-19)30-24(32(48)42-17-20-6-8-22(38)14-25(20)35(39,40)41)15-27-31(45-30)46(5)28(44-27)16-23-26(36)9-7-21(29(23)37)18-43-33(49)34(2,3)4/h6-9,14-15,19H,10-13,16-18H2,1-5H3,(H,42,48)(H,43,49). The lowest BCUT2D eigenvalue weighted by Gasteiger charge is -2.32. The summed E-state index contributed by atoms with van der Waals surface area (Å²) in [6.45, 7) is 8.63. The first-order chi connectivity index (χ1) is 22.9. The zero-order valence-corrected chi connectivity index (χ0v) is 29.4. The molecule has 2 amide bonds. The fourth-order valence-corrected chi connectivity index (χ4v) is 6.29. The van der Waals surface area contributed by atoms with E-state index in [2.05, 4.69) is 17.6 Å². The summed E-state index contributed by atoms with van der Waals surface area (Å²) in [7, 11) is 1.79. The minimum Gasteiger partial charge on any atom is -0.356 e. The van der Waals surface area contributed by atoms with Crippen molar-refractivity contribution in [3.63, 3.8) is 0 Å². The molecule has 1 saturated heterocycles. The highest BCUT2D eigenvalue weighted by molar-refractivity contribution is 6.36. The van der Waals surface area contributed by atoms with Gasteiger partial charge in [0.2, 0.25) is 5.91 Å². The summed E-state index contributed by atoms with van der Waals surface area (Å²) < 4.78 is 56.4. The maximum atomic E-state index is 13.7. The van der Waals surface area contributed by atoms with E-state index in [1.165, 1.54) is 0 Å². The van der Waals surface area contributed by atoms with E-state index in [4.69, 9.17) is 33.2 Å². The lowest BCUT2D eigenvalue weighted by atomic mass is 9.95. The number of benzene rings is 2. The van der Waals surface area contributed by atoms with Gasteiger partial charge in [-0.05, 0) is 59.7 Å². The number of anilines is 1. The number of fused-ring (bicyclic) bond motifs is 1. The van der Waals surface area contributed by atoms with Gasteiger partial charge < -0.3 is 20.1 Å². The highest BCUT2D eigenvalue weighted by Crippen LogP contribution is 2.34. The van der Waals surface area contributed by atoms with Gasteiger partial charge in [0.1, 0.15) is 23.0 Å². The second kappa shape index (κ2) is 14.1. The van der Waals surface area contributed by atoms with Crippen LogP contribution in [0.2, 0.25) is 10.0 Å². The molecule has 0 atom stereocenters. The Morgan fingerprint density at radius 1 is 0.959 bits per heavy atom. The number of carbonyl (C=O) groups is 2. The highest BCUT2D eigenvalue weighted by atomic mass is 35.5. The molecule has 0 spiro atoms. The van der Waals surface area contributed by atoms with E-state index in [9.17, 15) is 27.2 Å². The van der Waals surface area contributed by atoms with Crippen LogP contribution in [-0.4, -0.2) is 39.4 Å². The molecule has 0 bridgehead atoms. The Hall–Kier alpha value is -3.90. The van der Waals surface area contributed by atoms with Crippen molar-refractivity contribution in [3.05, 3.63) is 85.9 Å². The maximum absolute atomic E-state index is 13.7. The number of pyridine rings is 1. The van der Waals surface area contributed by atoms with Gasteiger partial charge in [-0.3, -0.25) is 9.59 Å². The zero-order chi connectivity index (χ0) is 35.8. The van der Waals surface area contributed by atoms with Crippen LogP contribution in [-0.2, 0) is 37.5 Å². The Morgan fingerprint density at radius 2 is 1.61 bits per heavy atom. The molecule has 4 aromatic rings. The number of hydrogen-bond donors (Lipinski definition) is 2. The number of carbonyl (C=O) groups excluding carboxylic acids is 2. The fourth-order valence-electron chi connectivity index (χ4n) is 5.72. The highest BCUT2D eigenvalue weighted by Gasteiger charge is 2.34. The topological polar surface area (TPSA) is 92.2 Å². The van der Waals surface area contributed by atoms with Crippen molar-refractivity contribution < 1.29 is 27.2 Å². The van der Waals surface area contributed by atoms with Crippen LogP contribution in [0, 0.1) is 17.2 Å². The number of aryl methyl sites for hydroxylation is 1. The van der Waals surface area contributed by atoms with Crippen molar-refractivity contribution in [2.24, 2.45) is 18.4 Å². The molecule has 3 heterocycles. The van der Waals surface area contributed by atoms with Crippen molar-refractivity contribution in [2.75, 3.05) is 18.0 Å². The first-order valence-corrected chi connectivity index (χ1v) is 16.7. The van der Waals surface area contributed by atoms with E-state index in [0.29, 0.717) is 69.1 Å². The summed E-state index contributed by atoms with van der Waals surface area (Å²) in [5, 5.41) is 6.29. The van der Waals surface area contributed by atoms with Crippen molar-refractivity contribution in [1.29, 1.82) is 0 Å². The van der Waals surface area contributed by atoms with Crippen molar-refractivity contribution >= 4 is 52.0 Å². The van der Waals surface area contributed by atoms with Gasteiger partial charge in [-0.25, -0.2) is 14.4 Å². The number of nitrogens with zero attached hydrogens (tertiary/aromatic N) is 4. The second-order valence-electron chi connectivity index (χ2n) is 13.5. The predicted molar refractivity (Wildman–Crippen MR) is 182 cm³/mol. The van der Waals surface area contributed by atoms with Crippen LogP contribution in [0.25, 0.3) is 11.2 Å². The van der Waals surface area contributed by atoms with Gasteiger partial charge in [0.05, 0.1) is 16.1 Å². The van der Waals surface area contributed by atoms with Crippen LogP contribution in [0.5, 0.6) is 0 Å². The van der Waals surface area contributed by atoms with Gasteiger partial charge in [0, 0.05) is 50.1 Å². The van der Waals surface area contributed by atoms with E-state index in [1.54, 1.807) is 29.8 Å². The predicted octanol–water partition coefficient (Wildman–Crippen LogP) is 7.85. The first-order valence-electron chi connectivity index (χ1n) is 15.9. The number of hydrogen-bond acceptors (Lipinski definition) is 5. The Bertz CT molecular complexity index is 1900. The molecule has 0 unspecified atom stereocenters. The number of nitrogens with one attached hydrogen (secondary N) is 2. The minimum atomic E-state index is -4.80. The van der Waals surface area contributed by atoms with Gasteiger partial charge in [-0.2, -0.15) is 13.2 Å². The SMILES string of the molecule is CC1CCN(c2nc3c(cc2C(=O)NCc2ccc(F)cc2C(F)(F)F)nc(Cc2c(Cl)ccc(CNC(=O)C(C)(C)C)c2Cl)n3C)CC1. The fraction of sp³-hybridized carbons (Fsp3) is 0.429. The van der Waals surface area contributed by atoms with E-state index >= 15 is 0 Å². The summed E-state index contributed by atoms with van der Waals surface area (Å²) in [6.07, 6.45) is -2.82. The molecule has 14 heteroatoms. The smallest absolute Gasteiger partial charge is 0.356 e. The molecule has 262 valence electrons. The molecule has 2 aromatic carbocycles. The number of amides is 2. The Morgan fingerprint density at radius 3 is 2.27 bits per heavy atom. The number of rotatable bonds is 8. The zero-order valence-electron chi connectivity index (χ0n) is 27.9. The molecule has 1 aliphatic heterocycles. The Balaban J connectivity index is 1.48. The van der Waals surface area contributed by atoms with Crippen LogP contribution >= 0.6 is 23.2 Å². The number of alkyl halides is 3. The van der Waals surface area contributed by atoms with Crippen LogP contribution in [0.1, 0.15) is 79.0 Å². The normalized spacial score (nSPS) is 14.4. The van der Waals surface area contributed by atoms with Crippen LogP contribution in [0.4, 0.5) is 23.4 Å². The number of halogens is 6. The molecule has 0 saturated carbocycles. The van der Waals surface area contributed by atoms with E-state index in [1.807, 2.05) is 25.7 Å². The van der Waals surface area contributed by atoms with Crippen molar-refractivity contribution in [3.8, 4) is 0 Å². The molecule has 0 aliphatic carbocycles. The minimum absolute atomic E-state index is 0.126. The maximum Gasteiger partial charge on any atom is 0.416 e. The third-order valence-corrected chi connectivity index (χ3v) is 9.61. The van der Waals surface area contributed by atoms with Gasteiger partial charge in [0.25, 0.3) is 5.91 Å². The van der Waals surface area contributed by atoms with Crippen LogP contribution < -0.4 is 15.5 Å². The summed E-state index contributed by atoms with van der Waals surface area (Å²) >= 11 is 13.4. The quantitative estimate of drug-likeness (QED) is 0.181. The van der Waals surface area contributed by atoms with Crippen molar-refractivity contribution in [1.82, 2.24) is 25.2 Å². The van der Waals surface area contributed by atoms with Gasteiger partial charge >= 0.3 is 6.18 Å². The van der Waals surface area contributed by atoms with Gasteiger partial charge in [-0.1, -0.05) is 63.0 Å². The van der Waals surface area contributed by atoms with Crippen LogP contribution in [0.15, 0.2) is 36.4 Å². The molecule has 8 nitrogen and oxygen atoms in total. The van der Waals surface area contributed by atoms with E-state index < -0.39 is 35.4 Å². The Kier molecular flexibility index (Phi) is 10.5. The van der Waals surface area contributed by atoms with Crippen molar-refractivity contribution in [2.45, 2.75) is 66.2 Å². The summed E-state index contributed by atoms with van der Waals surface area (Å²) in [6, 6.07) is 7.42. The average Bonchev–Trinajstić information content (AvgIpc) is 3.34. The lowest BCUT2D eigenvalue weighted by molar-refractivity contribution is -0.138. The summed E-state index contributed by atoms with van der Waals surface area (Å²) in [5.41, 5.74) is 0.357. The molecular formula is C35H38Cl2F4N6O2. The molecule has 2 N–H and O–H groups in total. The van der Waals surface area contributed by atoms with E-state index in [-0.39, 0.29) is 30.0 Å². The number of imidazole rings is 1. The molecule has 1 aliphatic rings. The van der Waals surface area contributed by atoms with Crippen LogP contribution in [0.3, 0.4) is 0 Å². The molecule has 5 rings (SSSR count).